The first-order valence-corrected chi connectivity index (χ1v) is 4.52. The van der Waals surface area contributed by atoms with Crippen LogP contribution in [0.3, 0.4) is 0 Å². The molecule has 2 atom stereocenters. The Hall–Kier alpha value is -0.510. The van der Waals surface area contributed by atoms with Gasteiger partial charge < -0.3 is 0 Å². The van der Waals surface area contributed by atoms with Crippen molar-refractivity contribution in [2.75, 3.05) is 0 Å². The third kappa shape index (κ3) is 1.27. The lowest BCUT2D eigenvalue weighted by molar-refractivity contribution is 0.123. The molecule has 0 aliphatic heterocycles. The molecule has 0 spiro atoms. The van der Waals surface area contributed by atoms with Gasteiger partial charge in [0.05, 0.1) is 11.5 Å². The molecule has 0 saturated heterocycles. The van der Waals surface area contributed by atoms with Gasteiger partial charge in [0.25, 0.3) is 0 Å². The van der Waals surface area contributed by atoms with Crippen molar-refractivity contribution in [2.24, 2.45) is 17.3 Å². The third-order valence-corrected chi connectivity index (χ3v) is 3.56. The van der Waals surface area contributed by atoms with Gasteiger partial charge in [0.1, 0.15) is 0 Å². The van der Waals surface area contributed by atoms with Crippen LogP contribution in [0.2, 0.25) is 0 Å². The molecule has 0 aromatic heterocycles. The van der Waals surface area contributed by atoms with Crippen molar-refractivity contribution in [3.05, 3.63) is 0 Å². The van der Waals surface area contributed by atoms with E-state index in [1.807, 2.05) is 0 Å². The minimum absolute atomic E-state index is 0.0573. The molecule has 1 nitrogen and oxygen atoms in total. The lowest BCUT2D eigenvalue weighted by atomic mass is 9.63. The van der Waals surface area contributed by atoms with Crippen LogP contribution in [0.4, 0.5) is 0 Å². The van der Waals surface area contributed by atoms with Gasteiger partial charge in [-0.05, 0) is 31.6 Å². The standard InChI is InChI=1S/C10H17N/c1-8-5-4-6-9(2)10(8,3)7-11/h8-9H,4-6H2,1-3H3. The molecule has 0 aromatic carbocycles. The minimum Gasteiger partial charge on any atom is -0.198 e. The summed E-state index contributed by atoms with van der Waals surface area (Å²) in [6.45, 7) is 6.53. The van der Waals surface area contributed by atoms with E-state index in [0.717, 1.165) is 0 Å². The highest BCUT2D eigenvalue weighted by Crippen LogP contribution is 2.44. The second-order valence-corrected chi connectivity index (χ2v) is 4.13. The summed E-state index contributed by atoms with van der Waals surface area (Å²) >= 11 is 0. The molecule has 0 N–H and O–H groups in total. The monoisotopic (exact) mass is 151 g/mol. The first-order chi connectivity index (χ1) is 5.11. The van der Waals surface area contributed by atoms with Gasteiger partial charge in [-0.3, -0.25) is 0 Å². The van der Waals surface area contributed by atoms with Gasteiger partial charge in [-0.25, -0.2) is 0 Å². The van der Waals surface area contributed by atoms with Crippen molar-refractivity contribution in [3.63, 3.8) is 0 Å². The molecule has 1 aliphatic rings. The predicted molar refractivity (Wildman–Crippen MR) is 45.9 cm³/mol. The molecule has 0 aromatic rings. The van der Waals surface area contributed by atoms with Crippen LogP contribution in [0.15, 0.2) is 0 Å². The summed E-state index contributed by atoms with van der Waals surface area (Å²) in [4.78, 5) is 0. The highest BCUT2D eigenvalue weighted by molar-refractivity contribution is 5.03. The van der Waals surface area contributed by atoms with Crippen LogP contribution < -0.4 is 0 Å². The van der Waals surface area contributed by atoms with Crippen LogP contribution >= 0.6 is 0 Å². The second kappa shape index (κ2) is 2.85. The Kier molecular flexibility index (Phi) is 2.23. The Bertz CT molecular complexity index is 168. The summed E-state index contributed by atoms with van der Waals surface area (Å²) in [5, 5.41) is 9.04. The van der Waals surface area contributed by atoms with E-state index < -0.39 is 0 Å². The highest BCUT2D eigenvalue weighted by atomic mass is 14.5. The molecular weight excluding hydrogens is 134 g/mol. The van der Waals surface area contributed by atoms with Crippen molar-refractivity contribution in [1.82, 2.24) is 0 Å². The van der Waals surface area contributed by atoms with Crippen molar-refractivity contribution in [3.8, 4) is 6.07 Å². The zero-order valence-corrected chi connectivity index (χ0v) is 7.72. The van der Waals surface area contributed by atoms with Crippen LogP contribution in [-0.4, -0.2) is 0 Å². The quantitative estimate of drug-likeness (QED) is 0.522. The van der Waals surface area contributed by atoms with Gasteiger partial charge >= 0.3 is 0 Å². The summed E-state index contributed by atoms with van der Waals surface area (Å²) in [7, 11) is 0. The molecule has 1 saturated carbocycles. The predicted octanol–water partition coefficient (Wildman–Crippen LogP) is 2.97. The molecule has 0 amide bonds. The fraction of sp³-hybridized carbons (Fsp3) is 0.900. The molecule has 62 valence electrons. The Labute approximate surface area is 69.4 Å². The molecule has 0 radical (unpaired) electrons. The SMILES string of the molecule is CC1CCCC(C)C1(C)C#N. The number of nitriles is 1. The van der Waals surface area contributed by atoms with E-state index in [9.17, 15) is 0 Å². The molecule has 2 unspecified atom stereocenters. The normalized spacial score (nSPS) is 44.9. The van der Waals surface area contributed by atoms with Crippen LogP contribution in [0.5, 0.6) is 0 Å². The molecule has 1 fully saturated rings. The Morgan fingerprint density at radius 3 is 2.00 bits per heavy atom. The molecular formula is C10H17N. The first-order valence-electron chi connectivity index (χ1n) is 4.52. The molecule has 1 rings (SSSR count). The number of rotatable bonds is 0. The van der Waals surface area contributed by atoms with E-state index in [2.05, 4.69) is 26.8 Å². The maximum absolute atomic E-state index is 9.04. The zero-order valence-electron chi connectivity index (χ0n) is 7.72. The summed E-state index contributed by atoms with van der Waals surface area (Å²) in [6, 6.07) is 2.48. The second-order valence-electron chi connectivity index (χ2n) is 4.13. The van der Waals surface area contributed by atoms with Gasteiger partial charge in [-0.1, -0.05) is 20.3 Å². The van der Waals surface area contributed by atoms with Crippen LogP contribution in [0.25, 0.3) is 0 Å². The fourth-order valence-corrected chi connectivity index (χ4v) is 2.04. The van der Waals surface area contributed by atoms with Crippen LogP contribution in [0.1, 0.15) is 40.0 Å². The topological polar surface area (TPSA) is 23.8 Å². The van der Waals surface area contributed by atoms with E-state index in [-0.39, 0.29) is 5.41 Å². The fourth-order valence-electron chi connectivity index (χ4n) is 2.04. The van der Waals surface area contributed by atoms with Gasteiger partial charge in [0.2, 0.25) is 0 Å². The number of hydrogen-bond donors (Lipinski definition) is 0. The van der Waals surface area contributed by atoms with Crippen LogP contribution in [-0.2, 0) is 0 Å². The van der Waals surface area contributed by atoms with E-state index >= 15 is 0 Å². The van der Waals surface area contributed by atoms with Gasteiger partial charge in [-0.15, -0.1) is 0 Å². The molecule has 0 heterocycles. The van der Waals surface area contributed by atoms with E-state index in [1.54, 1.807) is 0 Å². The molecule has 0 bridgehead atoms. The average molecular weight is 151 g/mol. The van der Waals surface area contributed by atoms with E-state index in [4.69, 9.17) is 5.26 Å². The molecule has 11 heavy (non-hydrogen) atoms. The highest BCUT2D eigenvalue weighted by Gasteiger charge is 2.39. The van der Waals surface area contributed by atoms with E-state index in [0.29, 0.717) is 11.8 Å². The van der Waals surface area contributed by atoms with Gasteiger partial charge in [0, 0.05) is 0 Å². The van der Waals surface area contributed by atoms with Crippen molar-refractivity contribution in [1.29, 1.82) is 5.26 Å². The maximum atomic E-state index is 9.04. The van der Waals surface area contributed by atoms with Crippen molar-refractivity contribution < 1.29 is 0 Å². The van der Waals surface area contributed by atoms with Gasteiger partial charge in [0.15, 0.2) is 0 Å². The Morgan fingerprint density at radius 1 is 1.27 bits per heavy atom. The number of nitrogens with zero attached hydrogens (tertiary/aromatic N) is 1. The van der Waals surface area contributed by atoms with Gasteiger partial charge in [-0.2, -0.15) is 5.26 Å². The lowest BCUT2D eigenvalue weighted by Gasteiger charge is -2.39. The number of hydrogen-bond acceptors (Lipinski definition) is 1. The Balaban J connectivity index is 2.80. The largest absolute Gasteiger partial charge is 0.198 e. The average Bonchev–Trinajstić information content (AvgIpc) is 2.00. The maximum Gasteiger partial charge on any atom is 0.0692 e. The summed E-state index contributed by atoms with van der Waals surface area (Å²) < 4.78 is 0. The van der Waals surface area contributed by atoms with Crippen molar-refractivity contribution in [2.45, 2.75) is 40.0 Å². The summed E-state index contributed by atoms with van der Waals surface area (Å²) in [5.74, 6) is 1.16. The molecule has 1 heteroatoms. The molecule has 1 aliphatic carbocycles. The first kappa shape index (κ1) is 8.59. The minimum atomic E-state index is -0.0573. The summed E-state index contributed by atoms with van der Waals surface area (Å²) in [6.07, 6.45) is 3.77. The third-order valence-electron chi connectivity index (χ3n) is 3.56. The lowest BCUT2D eigenvalue weighted by Crippen LogP contribution is -2.34. The van der Waals surface area contributed by atoms with Crippen molar-refractivity contribution >= 4 is 0 Å². The van der Waals surface area contributed by atoms with Crippen LogP contribution in [0, 0.1) is 28.6 Å². The zero-order chi connectivity index (χ0) is 8.48. The summed E-state index contributed by atoms with van der Waals surface area (Å²) in [5.41, 5.74) is -0.0573. The smallest absolute Gasteiger partial charge is 0.0692 e. The van der Waals surface area contributed by atoms with E-state index in [1.165, 1.54) is 19.3 Å². The Morgan fingerprint density at radius 2 is 1.73 bits per heavy atom.